The van der Waals surface area contributed by atoms with Gasteiger partial charge >= 0.3 is 0 Å². The molecular formula is C20H27N3OS. The standard InChI is InChI=1S/C20H27N3OS/c1-3-17-12-18(25-15(17)2)20(24)22-14-16-8-9-19(21-13-16)23-10-6-4-5-7-11-23/h8-9,12-13H,3-7,10-11,14H2,1-2H3,(H,22,24). The van der Waals surface area contributed by atoms with Gasteiger partial charge in [0.25, 0.3) is 5.91 Å². The molecule has 0 unspecified atom stereocenters. The molecule has 3 heterocycles. The van der Waals surface area contributed by atoms with Gasteiger partial charge in [0, 0.05) is 30.7 Å². The third-order valence-corrected chi connectivity index (χ3v) is 5.91. The molecule has 0 spiro atoms. The first-order valence-corrected chi connectivity index (χ1v) is 10.1. The van der Waals surface area contributed by atoms with Crippen molar-refractivity contribution in [2.75, 3.05) is 18.0 Å². The van der Waals surface area contributed by atoms with Gasteiger partial charge in [-0.15, -0.1) is 11.3 Å². The summed E-state index contributed by atoms with van der Waals surface area (Å²) in [5.41, 5.74) is 2.30. The second kappa shape index (κ2) is 8.48. The lowest BCUT2D eigenvalue weighted by atomic mass is 10.2. The fourth-order valence-corrected chi connectivity index (χ4v) is 4.29. The molecule has 5 heteroatoms. The predicted molar refractivity (Wildman–Crippen MR) is 105 cm³/mol. The third kappa shape index (κ3) is 4.60. The molecule has 4 nitrogen and oxygen atoms in total. The van der Waals surface area contributed by atoms with E-state index >= 15 is 0 Å². The van der Waals surface area contributed by atoms with Crippen LogP contribution in [-0.2, 0) is 13.0 Å². The Balaban J connectivity index is 1.56. The lowest BCUT2D eigenvalue weighted by molar-refractivity contribution is 0.0955. The summed E-state index contributed by atoms with van der Waals surface area (Å²) in [6.07, 6.45) is 8.00. The number of carbonyl (C=O) groups is 1. The van der Waals surface area contributed by atoms with E-state index in [0.717, 1.165) is 35.8 Å². The van der Waals surface area contributed by atoms with Crippen LogP contribution >= 0.6 is 11.3 Å². The van der Waals surface area contributed by atoms with Crippen LogP contribution in [0.4, 0.5) is 5.82 Å². The zero-order valence-electron chi connectivity index (χ0n) is 15.2. The maximum atomic E-state index is 12.3. The number of nitrogens with zero attached hydrogens (tertiary/aromatic N) is 2. The van der Waals surface area contributed by atoms with Gasteiger partial charge in [0.2, 0.25) is 0 Å². The minimum absolute atomic E-state index is 0.00407. The Kier molecular flexibility index (Phi) is 6.08. The zero-order valence-corrected chi connectivity index (χ0v) is 16.0. The van der Waals surface area contributed by atoms with Crippen LogP contribution in [0.3, 0.4) is 0 Å². The Labute approximate surface area is 154 Å². The fraction of sp³-hybridized carbons (Fsp3) is 0.500. The van der Waals surface area contributed by atoms with E-state index in [-0.39, 0.29) is 5.91 Å². The Hall–Kier alpha value is -1.88. The van der Waals surface area contributed by atoms with Crippen LogP contribution in [0.5, 0.6) is 0 Å². The van der Waals surface area contributed by atoms with Crippen molar-refractivity contribution in [3.8, 4) is 0 Å². The summed E-state index contributed by atoms with van der Waals surface area (Å²) in [5, 5.41) is 3.01. The van der Waals surface area contributed by atoms with E-state index in [1.807, 2.05) is 12.3 Å². The molecule has 2 aromatic heterocycles. The first-order chi connectivity index (χ1) is 12.2. The number of anilines is 1. The molecule has 1 aliphatic heterocycles. The Morgan fingerprint density at radius 2 is 2.00 bits per heavy atom. The van der Waals surface area contributed by atoms with E-state index in [1.165, 1.54) is 36.1 Å². The predicted octanol–water partition coefficient (Wildman–Crippen LogP) is 4.32. The number of carbonyl (C=O) groups excluding carboxylic acids is 1. The molecule has 0 bridgehead atoms. The molecule has 3 rings (SSSR count). The molecule has 1 aliphatic rings. The van der Waals surface area contributed by atoms with E-state index in [4.69, 9.17) is 0 Å². The quantitative estimate of drug-likeness (QED) is 0.866. The highest BCUT2D eigenvalue weighted by Gasteiger charge is 2.13. The molecule has 0 radical (unpaired) electrons. The fourth-order valence-electron chi connectivity index (χ4n) is 3.26. The van der Waals surface area contributed by atoms with Crippen molar-refractivity contribution in [3.63, 3.8) is 0 Å². The molecule has 0 aliphatic carbocycles. The second-order valence-electron chi connectivity index (χ2n) is 6.65. The van der Waals surface area contributed by atoms with Crippen LogP contribution in [0.25, 0.3) is 0 Å². The summed E-state index contributed by atoms with van der Waals surface area (Å²) in [6.45, 7) is 6.91. The molecule has 1 N–H and O–H groups in total. The highest BCUT2D eigenvalue weighted by molar-refractivity contribution is 7.14. The number of hydrogen-bond donors (Lipinski definition) is 1. The normalized spacial score (nSPS) is 15.0. The van der Waals surface area contributed by atoms with E-state index in [2.05, 4.69) is 41.2 Å². The molecular weight excluding hydrogens is 330 g/mol. The topological polar surface area (TPSA) is 45.2 Å². The second-order valence-corrected chi connectivity index (χ2v) is 7.91. The Morgan fingerprint density at radius 1 is 1.24 bits per heavy atom. The van der Waals surface area contributed by atoms with Gasteiger partial charge in [-0.25, -0.2) is 4.98 Å². The minimum atomic E-state index is 0.00407. The maximum Gasteiger partial charge on any atom is 0.261 e. The molecule has 0 saturated carbocycles. The summed E-state index contributed by atoms with van der Waals surface area (Å²) in [5.74, 6) is 1.06. The summed E-state index contributed by atoms with van der Waals surface area (Å²) in [7, 11) is 0. The van der Waals surface area contributed by atoms with Crippen LogP contribution in [0.1, 0.15) is 58.3 Å². The van der Waals surface area contributed by atoms with Gasteiger partial charge in [0.15, 0.2) is 0 Å². The van der Waals surface area contributed by atoms with Gasteiger partial charge in [-0.05, 0) is 49.4 Å². The third-order valence-electron chi connectivity index (χ3n) is 4.82. The lowest BCUT2D eigenvalue weighted by Crippen LogP contribution is -2.25. The van der Waals surface area contributed by atoms with E-state index in [1.54, 1.807) is 11.3 Å². The lowest BCUT2D eigenvalue weighted by Gasteiger charge is -2.21. The molecule has 1 fully saturated rings. The van der Waals surface area contributed by atoms with Gasteiger partial charge in [0.1, 0.15) is 5.82 Å². The van der Waals surface area contributed by atoms with Crippen molar-refractivity contribution >= 4 is 23.1 Å². The molecule has 0 atom stereocenters. The minimum Gasteiger partial charge on any atom is -0.357 e. The molecule has 1 amide bonds. The van der Waals surface area contributed by atoms with Crippen LogP contribution in [0, 0.1) is 6.92 Å². The SMILES string of the molecule is CCc1cc(C(=O)NCc2ccc(N3CCCCCC3)nc2)sc1C. The van der Waals surface area contributed by atoms with Crippen molar-refractivity contribution < 1.29 is 4.79 Å². The summed E-state index contributed by atoms with van der Waals surface area (Å²) < 4.78 is 0. The average molecular weight is 358 g/mol. The number of pyridine rings is 1. The van der Waals surface area contributed by atoms with Crippen LogP contribution in [0.2, 0.25) is 0 Å². The van der Waals surface area contributed by atoms with Crippen molar-refractivity contribution in [3.05, 3.63) is 45.3 Å². The average Bonchev–Trinajstić information content (AvgIpc) is 2.84. The highest BCUT2D eigenvalue weighted by atomic mass is 32.1. The smallest absolute Gasteiger partial charge is 0.261 e. The summed E-state index contributed by atoms with van der Waals surface area (Å²) in [6, 6.07) is 6.16. The van der Waals surface area contributed by atoms with Gasteiger partial charge in [-0.3, -0.25) is 4.79 Å². The first-order valence-electron chi connectivity index (χ1n) is 9.24. The van der Waals surface area contributed by atoms with Gasteiger partial charge in [-0.1, -0.05) is 25.8 Å². The van der Waals surface area contributed by atoms with E-state index in [9.17, 15) is 4.79 Å². The molecule has 134 valence electrons. The Morgan fingerprint density at radius 3 is 2.60 bits per heavy atom. The summed E-state index contributed by atoms with van der Waals surface area (Å²) >= 11 is 1.57. The number of aryl methyl sites for hydroxylation is 2. The number of rotatable bonds is 5. The molecule has 0 aromatic carbocycles. The summed E-state index contributed by atoms with van der Waals surface area (Å²) in [4.78, 5) is 21.3. The maximum absolute atomic E-state index is 12.3. The zero-order chi connectivity index (χ0) is 17.6. The monoisotopic (exact) mass is 357 g/mol. The van der Waals surface area contributed by atoms with Crippen molar-refractivity contribution in [2.45, 2.75) is 52.5 Å². The van der Waals surface area contributed by atoms with Gasteiger partial charge in [0.05, 0.1) is 4.88 Å². The largest absolute Gasteiger partial charge is 0.357 e. The van der Waals surface area contributed by atoms with Crippen molar-refractivity contribution in [1.82, 2.24) is 10.3 Å². The van der Waals surface area contributed by atoms with Crippen molar-refractivity contribution in [1.29, 1.82) is 0 Å². The number of nitrogens with one attached hydrogen (secondary N) is 1. The highest BCUT2D eigenvalue weighted by Crippen LogP contribution is 2.22. The van der Waals surface area contributed by atoms with Crippen LogP contribution < -0.4 is 10.2 Å². The number of amides is 1. The van der Waals surface area contributed by atoms with E-state index in [0.29, 0.717) is 6.54 Å². The van der Waals surface area contributed by atoms with E-state index < -0.39 is 0 Å². The van der Waals surface area contributed by atoms with Crippen LogP contribution in [-0.4, -0.2) is 24.0 Å². The van der Waals surface area contributed by atoms with Gasteiger partial charge in [-0.2, -0.15) is 0 Å². The molecule has 25 heavy (non-hydrogen) atoms. The molecule has 1 saturated heterocycles. The number of hydrogen-bond acceptors (Lipinski definition) is 4. The van der Waals surface area contributed by atoms with Crippen LogP contribution in [0.15, 0.2) is 24.4 Å². The Bertz CT molecular complexity index is 700. The number of thiophene rings is 1. The number of aromatic nitrogens is 1. The first kappa shape index (κ1) is 17.9. The van der Waals surface area contributed by atoms with Gasteiger partial charge < -0.3 is 10.2 Å². The van der Waals surface area contributed by atoms with Crippen molar-refractivity contribution in [2.24, 2.45) is 0 Å². The molecule has 2 aromatic rings.